The first-order valence-corrected chi connectivity index (χ1v) is 7.20. The molecule has 0 fully saturated rings. The van der Waals surface area contributed by atoms with E-state index in [-0.39, 0.29) is 11.3 Å². The molecular weight excluding hydrogens is 294 g/mol. The van der Waals surface area contributed by atoms with Gasteiger partial charge in [-0.3, -0.25) is 0 Å². The van der Waals surface area contributed by atoms with Gasteiger partial charge in [0.05, 0.1) is 11.5 Å². The SMILES string of the molecule is Cc1cc(O)c(C2c3ccccc3Oc3ncccc32)c(=O)o1. The number of aryl methyl sites for hydroxylation is 1. The number of hydrogen-bond acceptors (Lipinski definition) is 5. The predicted octanol–water partition coefficient (Wildman–Crippen LogP) is 3.33. The largest absolute Gasteiger partial charge is 0.507 e. The van der Waals surface area contributed by atoms with E-state index in [4.69, 9.17) is 9.15 Å². The molecule has 1 N–H and O–H groups in total. The molecule has 5 nitrogen and oxygen atoms in total. The molecule has 0 saturated heterocycles. The van der Waals surface area contributed by atoms with Crippen LogP contribution in [0.2, 0.25) is 0 Å². The average Bonchev–Trinajstić information content (AvgIpc) is 2.53. The van der Waals surface area contributed by atoms with Crippen LogP contribution in [0.5, 0.6) is 17.4 Å². The summed E-state index contributed by atoms with van der Waals surface area (Å²) in [6.07, 6.45) is 1.63. The number of aromatic nitrogens is 1. The second kappa shape index (κ2) is 4.98. The standard InChI is InChI=1S/C18H13NO4/c1-10-9-13(20)16(18(21)22-10)15-11-5-2-3-7-14(11)23-17-12(15)6-4-8-19-17/h2-9,15,20H,1H3. The van der Waals surface area contributed by atoms with E-state index < -0.39 is 11.5 Å². The number of rotatable bonds is 1. The molecular formula is C18H13NO4. The Kier molecular flexibility index (Phi) is 2.94. The van der Waals surface area contributed by atoms with Crippen LogP contribution in [0.15, 0.2) is 57.9 Å². The number of nitrogens with zero attached hydrogens (tertiary/aromatic N) is 1. The number of para-hydroxylation sites is 1. The summed E-state index contributed by atoms with van der Waals surface area (Å²) in [6.45, 7) is 1.62. The molecule has 0 radical (unpaired) electrons. The Morgan fingerprint density at radius 3 is 2.74 bits per heavy atom. The number of benzene rings is 1. The molecule has 3 aromatic rings. The summed E-state index contributed by atoms with van der Waals surface area (Å²) in [5.41, 5.74) is 1.15. The fourth-order valence-electron chi connectivity index (χ4n) is 2.97. The van der Waals surface area contributed by atoms with E-state index in [1.54, 1.807) is 19.2 Å². The van der Waals surface area contributed by atoms with Crippen molar-refractivity contribution in [2.75, 3.05) is 0 Å². The van der Waals surface area contributed by atoms with Gasteiger partial charge in [-0.2, -0.15) is 0 Å². The van der Waals surface area contributed by atoms with E-state index in [0.717, 1.165) is 11.1 Å². The molecule has 1 aliphatic rings. The van der Waals surface area contributed by atoms with Crippen LogP contribution in [0, 0.1) is 6.92 Å². The van der Waals surface area contributed by atoms with Crippen LogP contribution < -0.4 is 10.4 Å². The van der Waals surface area contributed by atoms with Crippen LogP contribution >= 0.6 is 0 Å². The fraction of sp³-hybridized carbons (Fsp3) is 0.111. The van der Waals surface area contributed by atoms with Crippen molar-refractivity contribution in [1.82, 2.24) is 4.98 Å². The molecule has 3 heterocycles. The summed E-state index contributed by atoms with van der Waals surface area (Å²) >= 11 is 0. The molecule has 0 amide bonds. The number of hydrogen-bond donors (Lipinski definition) is 1. The van der Waals surface area contributed by atoms with Crippen molar-refractivity contribution in [2.45, 2.75) is 12.8 Å². The van der Waals surface area contributed by atoms with E-state index in [2.05, 4.69) is 4.98 Å². The van der Waals surface area contributed by atoms with Gasteiger partial charge < -0.3 is 14.3 Å². The van der Waals surface area contributed by atoms with Crippen LogP contribution in [-0.2, 0) is 0 Å². The molecule has 114 valence electrons. The lowest BCUT2D eigenvalue weighted by atomic mass is 9.84. The first-order chi connectivity index (χ1) is 11.1. The molecule has 4 rings (SSSR count). The van der Waals surface area contributed by atoms with Crippen LogP contribution in [-0.4, -0.2) is 10.1 Å². The van der Waals surface area contributed by atoms with Crippen LogP contribution in [0.3, 0.4) is 0 Å². The molecule has 0 bridgehead atoms. The summed E-state index contributed by atoms with van der Waals surface area (Å²) in [7, 11) is 0. The second-order valence-corrected chi connectivity index (χ2v) is 5.41. The highest BCUT2D eigenvalue weighted by Crippen LogP contribution is 2.46. The van der Waals surface area contributed by atoms with Crippen molar-refractivity contribution in [3.63, 3.8) is 0 Å². The molecule has 0 spiro atoms. The van der Waals surface area contributed by atoms with Crippen molar-refractivity contribution in [3.8, 4) is 17.4 Å². The van der Waals surface area contributed by atoms with Gasteiger partial charge in [-0.25, -0.2) is 9.78 Å². The quantitative estimate of drug-likeness (QED) is 0.584. The highest BCUT2D eigenvalue weighted by atomic mass is 16.5. The summed E-state index contributed by atoms with van der Waals surface area (Å²) in [6, 6.07) is 12.5. The Morgan fingerprint density at radius 1 is 1.13 bits per heavy atom. The van der Waals surface area contributed by atoms with Gasteiger partial charge in [0.1, 0.15) is 17.3 Å². The van der Waals surface area contributed by atoms with E-state index in [9.17, 15) is 9.90 Å². The number of aromatic hydroxyl groups is 1. The van der Waals surface area contributed by atoms with Gasteiger partial charge in [0.25, 0.3) is 0 Å². The molecule has 23 heavy (non-hydrogen) atoms. The normalized spacial score (nSPS) is 15.4. The summed E-state index contributed by atoms with van der Waals surface area (Å²) < 4.78 is 11.0. The molecule has 1 atom stereocenters. The van der Waals surface area contributed by atoms with Crippen LogP contribution in [0.4, 0.5) is 0 Å². The van der Waals surface area contributed by atoms with Crippen molar-refractivity contribution < 1.29 is 14.3 Å². The third-order valence-electron chi connectivity index (χ3n) is 3.93. The van der Waals surface area contributed by atoms with Crippen molar-refractivity contribution in [2.24, 2.45) is 0 Å². The molecule has 0 aliphatic carbocycles. The Morgan fingerprint density at radius 2 is 1.91 bits per heavy atom. The highest BCUT2D eigenvalue weighted by molar-refractivity contribution is 5.57. The molecule has 5 heteroatoms. The lowest BCUT2D eigenvalue weighted by Crippen LogP contribution is -2.19. The van der Waals surface area contributed by atoms with E-state index in [0.29, 0.717) is 17.4 Å². The maximum atomic E-state index is 12.4. The topological polar surface area (TPSA) is 72.6 Å². The zero-order valence-electron chi connectivity index (χ0n) is 12.3. The Hall–Kier alpha value is -3.08. The van der Waals surface area contributed by atoms with Gasteiger partial charge in [-0.1, -0.05) is 24.3 Å². The Bertz CT molecular complexity index is 916. The number of fused-ring (bicyclic) bond motifs is 2. The smallest absolute Gasteiger partial charge is 0.343 e. The number of ether oxygens (including phenoxy) is 1. The average molecular weight is 307 g/mol. The third kappa shape index (κ3) is 2.09. The van der Waals surface area contributed by atoms with Gasteiger partial charge in [0, 0.05) is 23.4 Å². The van der Waals surface area contributed by atoms with Crippen molar-refractivity contribution in [1.29, 1.82) is 0 Å². The van der Waals surface area contributed by atoms with Crippen LogP contribution in [0.25, 0.3) is 0 Å². The molecule has 0 saturated carbocycles. The van der Waals surface area contributed by atoms with Crippen LogP contribution in [0.1, 0.15) is 28.4 Å². The molecule has 2 aromatic heterocycles. The monoisotopic (exact) mass is 307 g/mol. The molecule has 1 aliphatic heterocycles. The molecule has 1 unspecified atom stereocenters. The van der Waals surface area contributed by atoms with Gasteiger partial charge in [0.2, 0.25) is 5.88 Å². The minimum absolute atomic E-state index is 0.0877. The zero-order valence-corrected chi connectivity index (χ0v) is 12.3. The predicted molar refractivity (Wildman–Crippen MR) is 83.1 cm³/mol. The third-order valence-corrected chi connectivity index (χ3v) is 3.93. The van der Waals surface area contributed by atoms with Gasteiger partial charge in [-0.15, -0.1) is 0 Å². The summed E-state index contributed by atoms with van der Waals surface area (Å²) in [4.78, 5) is 16.6. The van der Waals surface area contributed by atoms with E-state index in [1.807, 2.05) is 30.3 Å². The van der Waals surface area contributed by atoms with Gasteiger partial charge in [-0.05, 0) is 19.1 Å². The maximum Gasteiger partial charge on any atom is 0.343 e. The van der Waals surface area contributed by atoms with E-state index >= 15 is 0 Å². The Labute approximate surface area is 131 Å². The van der Waals surface area contributed by atoms with Gasteiger partial charge >= 0.3 is 5.63 Å². The highest BCUT2D eigenvalue weighted by Gasteiger charge is 2.33. The lowest BCUT2D eigenvalue weighted by molar-refractivity contribution is 0.407. The summed E-state index contributed by atoms with van der Waals surface area (Å²) in [5, 5.41) is 10.4. The minimum atomic E-state index is -0.556. The Balaban J connectivity index is 2.05. The molecule has 1 aromatic carbocycles. The maximum absolute atomic E-state index is 12.4. The number of pyridine rings is 1. The summed E-state index contributed by atoms with van der Waals surface area (Å²) in [5.74, 6) is 0.831. The zero-order chi connectivity index (χ0) is 16.0. The van der Waals surface area contributed by atoms with Gasteiger partial charge in [0.15, 0.2) is 0 Å². The van der Waals surface area contributed by atoms with Crippen molar-refractivity contribution >= 4 is 0 Å². The first-order valence-electron chi connectivity index (χ1n) is 7.20. The van der Waals surface area contributed by atoms with Crippen molar-refractivity contribution in [3.05, 3.63) is 81.5 Å². The minimum Gasteiger partial charge on any atom is -0.507 e. The lowest BCUT2D eigenvalue weighted by Gasteiger charge is -2.27. The first kappa shape index (κ1) is 13.6. The second-order valence-electron chi connectivity index (χ2n) is 5.41. The fourth-order valence-corrected chi connectivity index (χ4v) is 2.97. The van der Waals surface area contributed by atoms with E-state index in [1.165, 1.54) is 6.07 Å².